The molecule has 32 heavy (non-hydrogen) atoms. The molecule has 0 bridgehead atoms. The van der Waals surface area contributed by atoms with Crippen LogP contribution in [0.3, 0.4) is 0 Å². The van der Waals surface area contributed by atoms with Gasteiger partial charge in [-0.3, -0.25) is 0 Å². The van der Waals surface area contributed by atoms with Crippen LogP contribution in [0.1, 0.15) is 36.5 Å². The summed E-state index contributed by atoms with van der Waals surface area (Å²) in [6.07, 6.45) is 3.44. The van der Waals surface area contributed by atoms with Gasteiger partial charge in [-0.05, 0) is 51.0 Å². The van der Waals surface area contributed by atoms with Crippen molar-refractivity contribution < 1.29 is 4.74 Å². The van der Waals surface area contributed by atoms with Crippen LogP contribution in [0.25, 0.3) is 31.5 Å². The van der Waals surface area contributed by atoms with Crippen LogP contribution in [0.4, 0.5) is 5.82 Å². The summed E-state index contributed by atoms with van der Waals surface area (Å²) in [7, 11) is 0. The molecule has 0 fully saturated rings. The Kier molecular flexibility index (Phi) is 4.41. The van der Waals surface area contributed by atoms with Crippen molar-refractivity contribution in [3.05, 3.63) is 53.2 Å². The number of H-pyrrole nitrogens is 1. The Balaban J connectivity index is 1.32. The van der Waals surface area contributed by atoms with Crippen LogP contribution in [-0.2, 0) is 24.2 Å². The second-order valence-electron chi connectivity index (χ2n) is 9.00. The second kappa shape index (κ2) is 7.21. The molecule has 0 saturated heterocycles. The first-order valence-electron chi connectivity index (χ1n) is 10.8. The molecular formula is C24H24N6OS. The van der Waals surface area contributed by atoms with Gasteiger partial charge in [-0.2, -0.15) is 0 Å². The zero-order chi connectivity index (χ0) is 21.9. The maximum Gasteiger partial charge on any atom is 0.147 e. The predicted molar refractivity (Wildman–Crippen MR) is 128 cm³/mol. The quantitative estimate of drug-likeness (QED) is 0.409. The molecule has 0 aliphatic carbocycles. The van der Waals surface area contributed by atoms with Crippen molar-refractivity contribution in [2.24, 2.45) is 0 Å². The number of rotatable bonds is 4. The van der Waals surface area contributed by atoms with Gasteiger partial charge in [0, 0.05) is 23.9 Å². The number of nitrogens with zero attached hydrogens (tertiary/aromatic N) is 4. The number of nitrogens with one attached hydrogen (secondary N) is 2. The van der Waals surface area contributed by atoms with E-state index in [9.17, 15) is 0 Å². The summed E-state index contributed by atoms with van der Waals surface area (Å²) >= 11 is 1.67. The lowest BCUT2D eigenvalue weighted by molar-refractivity contribution is -0.0411. The summed E-state index contributed by atoms with van der Waals surface area (Å²) < 4.78 is 7.07. The average Bonchev–Trinajstić information content (AvgIpc) is 3.35. The monoisotopic (exact) mass is 444 g/mol. The van der Waals surface area contributed by atoms with E-state index in [-0.39, 0.29) is 5.60 Å². The number of thiophene rings is 1. The Bertz CT molecular complexity index is 1480. The number of imidazole rings is 1. The number of benzene rings is 1. The number of aryl methyl sites for hydroxylation is 1. The first-order chi connectivity index (χ1) is 15.4. The third-order valence-corrected chi connectivity index (χ3v) is 7.09. The van der Waals surface area contributed by atoms with Crippen molar-refractivity contribution in [3.8, 4) is 0 Å². The summed E-state index contributed by atoms with van der Waals surface area (Å²) in [6.45, 7) is 7.56. The number of ether oxygens (including phenoxy) is 1. The van der Waals surface area contributed by atoms with Crippen LogP contribution in [0.2, 0.25) is 0 Å². The number of aromatic amines is 1. The van der Waals surface area contributed by atoms with E-state index in [1.54, 1.807) is 17.7 Å². The lowest BCUT2D eigenvalue weighted by atomic mass is 9.95. The maximum absolute atomic E-state index is 6.01. The van der Waals surface area contributed by atoms with Gasteiger partial charge in [-0.25, -0.2) is 19.9 Å². The highest BCUT2D eigenvalue weighted by molar-refractivity contribution is 7.25. The van der Waals surface area contributed by atoms with Gasteiger partial charge in [0.1, 0.15) is 16.5 Å². The molecular weight excluding hydrogens is 420 g/mol. The van der Waals surface area contributed by atoms with Crippen molar-refractivity contribution in [1.82, 2.24) is 24.9 Å². The molecule has 0 amide bonds. The van der Waals surface area contributed by atoms with E-state index in [1.807, 2.05) is 6.92 Å². The van der Waals surface area contributed by atoms with Crippen LogP contribution in [0.5, 0.6) is 0 Å². The van der Waals surface area contributed by atoms with Gasteiger partial charge in [-0.1, -0.05) is 6.07 Å². The minimum atomic E-state index is -0.174. The standard InChI is InChI=1S/C24H24N6OS/c1-13-28-20-16-9-15-11-31-24(2,3)10-19(15)30-23(16)32-21(20)22(29-13)25-7-6-14-4-5-17-18(8-14)27-12-26-17/h4-5,8-9,12H,6-7,10-11H2,1-3H3,(H,26,27)(H,25,28,29). The first-order valence-corrected chi connectivity index (χ1v) is 11.7. The highest BCUT2D eigenvalue weighted by atomic mass is 32.1. The van der Waals surface area contributed by atoms with Crippen molar-refractivity contribution in [3.63, 3.8) is 0 Å². The highest BCUT2D eigenvalue weighted by Gasteiger charge is 2.28. The number of hydrogen-bond acceptors (Lipinski definition) is 7. The fourth-order valence-corrected chi connectivity index (χ4v) is 5.43. The van der Waals surface area contributed by atoms with Gasteiger partial charge in [-0.15, -0.1) is 11.3 Å². The Labute approximate surface area is 189 Å². The minimum absolute atomic E-state index is 0.174. The number of anilines is 1. The Morgan fingerprint density at radius 1 is 1.19 bits per heavy atom. The van der Waals surface area contributed by atoms with E-state index in [4.69, 9.17) is 19.7 Å². The Morgan fingerprint density at radius 3 is 3.00 bits per heavy atom. The molecule has 0 atom stereocenters. The van der Waals surface area contributed by atoms with Crippen LogP contribution >= 0.6 is 11.3 Å². The zero-order valence-corrected chi connectivity index (χ0v) is 19.1. The maximum atomic E-state index is 6.01. The summed E-state index contributed by atoms with van der Waals surface area (Å²) in [5.74, 6) is 1.64. The molecule has 5 aromatic rings. The van der Waals surface area contributed by atoms with Gasteiger partial charge in [0.05, 0.1) is 45.5 Å². The molecule has 5 heterocycles. The SMILES string of the molecule is Cc1nc(NCCc2ccc3nc[nH]c3c2)c2sc3nc4c(cc3c2n1)COC(C)(C)C4. The number of aromatic nitrogens is 5. The molecule has 0 radical (unpaired) electrons. The Hall–Kier alpha value is -3.10. The van der Waals surface area contributed by atoms with Crippen molar-refractivity contribution in [2.75, 3.05) is 11.9 Å². The lowest BCUT2D eigenvalue weighted by Crippen LogP contribution is -2.32. The van der Waals surface area contributed by atoms with E-state index in [2.05, 4.69) is 53.4 Å². The normalized spacial score (nSPS) is 15.5. The molecule has 4 aromatic heterocycles. The minimum Gasteiger partial charge on any atom is -0.370 e. The largest absolute Gasteiger partial charge is 0.370 e. The summed E-state index contributed by atoms with van der Waals surface area (Å²) in [4.78, 5) is 23.0. The fraction of sp³-hybridized carbons (Fsp3) is 0.333. The molecule has 1 aliphatic rings. The van der Waals surface area contributed by atoms with E-state index in [1.165, 1.54) is 5.56 Å². The first kappa shape index (κ1) is 19.6. The molecule has 1 aromatic carbocycles. The lowest BCUT2D eigenvalue weighted by Gasteiger charge is -2.30. The number of hydrogen-bond donors (Lipinski definition) is 2. The van der Waals surface area contributed by atoms with Crippen LogP contribution in [0.15, 0.2) is 30.6 Å². The third-order valence-electron chi connectivity index (χ3n) is 5.99. The number of fused-ring (bicyclic) bond motifs is 5. The van der Waals surface area contributed by atoms with Crippen LogP contribution < -0.4 is 5.32 Å². The predicted octanol–water partition coefficient (Wildman–Crippen LogP) is 4.93. The summed E-state index contributed by atoms with van der Waals surface area (Å²) in [6, 6.07) is 8.55. The Morgan fingerprint density at radius 2 is 2.09 bits per heavy atom. The fourth-order valence-electron chi connectivity index (χ4n) is 4.35. The van der Waals surface area contributed by atoms with Crippen LogP contribution in [-0.4, -0.2) is 37.1 Å². The van der Waals surface area contributed by atoms with Gasteiger partial charge < -0.3 is 15.0 Å². The topological polar surface area (TPSA) is 88.6 Å². The van der Waals surface area contributed by atoms with Crippen molar-refractivity contribution >= 4 is 48.6 Å². The molecule has 7 nitrogen and oxygen atoms in total. The second-order valence-corrected chi connectivity index (χ2v) is 10.0. The van der Waals surface area contributed by atoms with Gasteiger partial charge in [0.15, 0.2) is 0 Å². The smallest absolute Gasteiger partial charge is 0.147 e. The van der Waals surface area contributed by atoms with Crippen molar-refractivity contribution in [2.45, 2.75) is 45.8 Å². The third kappa shape index (κ3) is 3.40. The highest BCUT2D eigenvalue weighted by Crippen LogP contribution is 2.38. The number of pyridine rings is 1. The zero-order valence-electron chi connectivity index (χ0n) is 18.3. The summed E-state index contributed by atoms with van der Waals surface area (Å²) in [5.41, 5.74) is 6.40. The van der Waals surface area contributed by atoms with Crippen LogP contribution in [0, 0.1) is 6.92 Å². The molecule has 2 N–H and O–H groups in total. The molecule has 162 valence electrons. The van der Waals surface area contributed by atoms with Gasteiger partial charge in [0.2, 0.25) is 0 Å². The molecule has 6 rings (SSSR count). The van der Waals surface area contributed by atoms with E-state index >= 15 is 0 Å². The molecule has 1 aliphatic heterocycles. The van der Waals surface area contributed by atoms with E-state index < -0.39 is 0 Å². The van der Waals surface area contributed by atoms with Crippen molar-refractivity contribution in [1.29, 1.82) is 0 Å². The molecule has 0 saturated carbocycles. The summed E-state index contributed by atoms with van der Waals surface area (Å²) in [5, 5.41) is 4.63. The molecule has 0 unspecified atom stereocenters. The van der Waals surface area contributed by atoms with E-state index in [0.717, 1.165) is 73.8 Å². The van der Waals surface area contributed by atoms with E-state index in [0.29, 0.717) is 6.61 Å². The molecule has 8 heteroatoms. The van der Waals surface area contributed by atoms with Gasteiger partial charge >= 0.3 is 0 Å². The average molecular weight is 445 g/mol. The van der Waals surface area contributed by atoms with Gasteiger partial charge in [0.25, 0.3) is 0 Å². The molecule has 0 spiro atoms.